The number of nitrogens with one attached hydrogen (secondary N) is 1. The van der Waals surface area contributed by atoms with E-state index in [0.717, 1.165) is 0 Å². The summed E-state index contributed by atoms with van der Waals surface area (Å²) in [6.45, 7) is 1.82. The smallest absolute Gasteiger partial charge is 0.0720 e. The quantitative estimate of drug-likeness (QED) is 0.783. The van der Waals surface area contributed by atoms with Crippen molar-refractivity contribution in [2.75, 3.05) is 25.1 Å². The summed E-state index contributed by atoms with van der Waals surface area (Å²) in [6.07, 6.45) is 0. The number of aliphatic hydroxyl groups is 2. The van der Waals surface area contributed by atoms with E-state index >= 15 is 0 Å². The van der Waals surface area contributed by atoms with E-state index in [0.29, 0.717) is 27.3 Å². The summed E-state index contributed by atoms with van der Waals surface area (Å²) < 4.78 is 0. The number of halogens is 3. The van der Waals surface area contributed by atoms with Gasteiger partial charge in [-0.3, -0.25) is 0 Å². The van der Waals surface area contributed by atoms with E-state index in [4.69, 9.17) is 45.0 Å². The van der Waals surface area contributed by atoms with Crippen molar-refractivity contribution in [3.63, 3.8) is 0 Å². The molecule has 0 aliphatic heterocycles. The fraction of sp³-hybridized carbons (Fsp3) is 0.455. The average Bonchev–Trinajstić information content (AvgIpc) is 2.27. The highest BCUT2D eigenvalue weighted by molar-refractivity contribution is 6.41. The highest BCUT2D eigenvalue weighted by Crippen LogP contribution is 2.34. The molecule has 0 aliphatic carbocycles. The van der Waals surface area contributed by atoms with Crippen molar-refractivity contribution in [2.45, 2.75) is 6.92 Å². The van der Waals surface area contributed by atoms with E-state index in [1.54, 1.807) is 19.1 Å². The SMILES string of the molecule is CC(CO)(CO)CNc1c(Cl)cc(Cl)cc1Cl. The van der Waals surface area contributed by atoms with Crippen LogP contribution in [0.5, 0.6) is 0 Å². The third-order valence-electron chi connectivity index (χ3n) is 2.46. The lowest BCUT2D eigenvalue weighted by Crippen LogP contribution is -2.34. The second-order valence-corrected chi connectivity index (χ2v) is 5.48. The molecule has 0 radical (unpaired) electrons. The minimum absolute atomic E-state index is 0.140. The second kappa shape index (κ2) is 6.12. The average molecular weight is 299 g/mol. The zero-order chi connectivity index (χ0) is 13.1. The number of aliphatic hydroxyl groups excluding tert-OH is 2. The zero-order valence-electron chi connectivity index (χ0n) is 9.30. The van der Waals surface area contributed by atoms with E-state index in [2.05, 4.69) is 5.32 Å². The van der Waals surface area contributed by atoms with Crippen LogP contribution in [0, 0.1) is 5.41 Å². The van der Waals surface area contributed by atoms with Crippen LogP contribution in [0.3, 0.4) is 0 Å². The topological polar surface area (TPSA) is 52.5 Å². The summed E-state index contributed by atoms with van der Waals surface area (Å²) in [6, 6.07) is 3.15. The van der Waals surface area contributed by atoms with Crippen molar-refractivity contribution >= 4 is 40.5 Å². The highest BCUT2D eigenvalue weighted by atomic mass is 35.5. The van der Waals surface area contributed by atoms with Crippen LogP contribution in [0.25, 0.3) is 0 Å². The van der Waals surface area contributed by atoms with Crippen molar-refractivity contribution in [1.29, 1.82) is 0 Å². The Hall–Kier alpha value is -0.190. The predicted molar refractivity (Wildman–Crippen MR) is 72.2 cm³/mol. The lowest BCUT2D eigenvalue weighted by molar-refractivity contribution is 0.0806. The fourth-order valence-corrected chi connectivity index (χ4v) is 2.13. The number of hydrogen-bond acceptors (Lipinski definition) is 3. The van der Waals surface area contributed by atoms with Gasteiger partial charge < -0.3 is 15.5 Å². The maximum Gasteiger partial charge on any atom is 0.0720 e. The molecule has 0 aliphatic rings. The van der Waals surface area contributed by atoms with Crippen molar-refractivity contribution < 1.29 is 10.2 Å². The maximum atomic E-state index is 9.16. The van der Waals surface area contributed by atoms with Gasteiger partial charge in [0.25, 0.3) is 0 Å². The van der Waals surface area contributed by atoms with Crippen LogP contribution >= 0.6 is 34.8 Å². The molecule has 3 N–H and O–H groups in total. The molecule has 0 fully saturated rings. The summed E-state index contributed by atoms with van der Waals surface area (Å²) in [4.78, 5) is 0. The Kier molecular flexibility index (Phi) is 5.35. The summed E-state index contributed by atoms with van der Waals surface area (Å²) >= 11 is 17.8. The first-order valence-electron chi connectivity index (χ1n) is 5.02. The Labute approximate surface area is 115 Å². The number of hydrogen-bond donors (Lipinski definition) is 3. The van der Waals surface area contributed by atoms with Gasteiger partial charge in [-0.15, -0.1) is 0 Å². The number of rotatable bonds is 5. The van der Waals surface area contributed by atoms with E-state index in [-0.39, 0.29) is 13.2 Å². The van der Waals surface area contributed by atoms with Gasteiger partial charge in [-0.1, -0.05) is 41.7 Å². The molecule has 96 valence electrons. The van der Waals surface area contributed by atoms with Crippen LogP contribution < -0.4 is 5.32 Å². The van der Waals surface area contributed by atoms with Crippen LogP contribution in [0.15, 0.2) is 12.1 Å². The number of anilines is 1. The van der Waals surface area contributed by atoms with Crippen LogP contribution in [0.2, 0.25) is 15.1 Å². The van der Waals surface area contributed by atoms with Crippen molar-refractivity contribution in [3.05, 3.63) is 27.2 Å². The molecule has 1 aromatic carbocycles. The van der Waals surface area contributed by atoms with Gasteiger partial charge in [0, 0.05) is 17.0 Å². The Morgan fingerprint density at radius 2 is 1.59 bits per heavy atom. The molecule has 0 aromatic heterocycles. The Morgan fingerprint density at radius 3 is 2.00 bits per heavy atom. The zero-order valence-corrected chi connectivity index (χ0v) is 11.6. The Morgan fingerprint density at radius 1 is 1.12 bits per heavy atom. The lowest BCUT2D eigenvalue weighted by atomic mass is 9.93. The molecular formula is C11H14Cl3NO2. The van der Waals surface area contributed by atoms with Gasteiger partial charge in [-0.25, -0.2) is 0 Å². The summed E-state index contributed by atoms with van der Waals surface area (Å²) in [5.74, 6) is 0. The van der Waals surface area contributed by atoms with Crippen LogP contribution in [-0.4, -0.2) is 30.0 Å². The number of benzene rings is 1. The molecule has 0 amide bonds. The lowest BCUT2D eigenvalue weighted by Gasteiger charge is -2.26. The minimum Gasteiger partial charge on any atom is -0.396 e. The van der Waals surface area contributed by atoms with Crippen LogP contribution in [-0.2, 0) is 0 Å². The largest absolute Gasteiger partial charge is 0.396 e. The third-order valence-corrected chi connectivity index (χ3v) is 3.28. The molecule has 3 nitrogen and oxygen atoms in total. The van der Waals surface area contributed by atoms with E-state index in [1.807, 2.05) is 0 Å². The molecule has 0 bridgehead atoms. The molecule has 1 aromatic rings. The van der Waals surface area contributed by atoms with E-state index in [1.165, 1.54) is 0 Å². The van der Waals surface area contributed by atoms with E-state index < -0.39 is 5.41 Å². The first-order valence-corrected chi connectivity index (χ1v) is 6.15. The molecule has 0 saturated heterocycles. The van der Waals surface area contributed by atoms with Crippen molar-refractivity contribution in [1.82, 2.24) is 0 Å². The van der Waals surface area contributed by atoms with Crippen LogP contribution in [0.4, 0.5) is 5.69 Å². The minimum atomic E-state index is -0.633. The second-order valence-electron chi connectivity index (χ2n) is 4.22. The summed E-state index contributed by atoms with van der Waals surface area (Å²) in [7, 11) is 0. The monoisotopic (exact) mass is 297 g/mol. The van der Waals surface area contributed by atoms with E-state index in [9.17, 15) is 0 Å². The first-order chi connectivity index (χ1) is 7.91. The van der Waals surface area contributed by atoms with Crippen LogP contribution in [0.1, 0.15) is 6.92 Å². The maximum absolute atomic E-state index is 9.16. The van der Waals surface area contributed by atoms with Gasteiger partial charge in [0.15, 0.2) is 0 Å². The molecule has 17 heavy (non-hydrogen) atoms. The Bertz CT molecular complexity index is 371. The molecule has 0 atom stereocenters. The first kappa shape index (κ1) is 14.9. The van der Waals surface area contributed by atoms with Gasteiger partial charge in [0.2, 0.25) is 0 Å². The molecule has 0 spiro atoms. The molecular weight excluding hydrogens is 284 g/mol. The summed E-state index contributed by atoms with van der Waals surface area (Å²) in [5.41, 5.74) is -0.0856. The van der Waals surface area contributed by atoms with Gasteiger partial charge in [-0.05, 0) is 12.1 Å². The van der Waals surface area contributed by atoms with Gasteiger partial charge in [-0.2, -0.15) is 0 Å². The van der Waals surface area contributed by atoms with Crippen molar-refractivity contribution in [2.24, 2.45) is 5.41 Å². The van der Waals surface area contributed by atoms with Gasteiger partial charge in [0.1, 0.15) is 0 Å². The highest BCUT2D eigenvalue weighted by Gasteiger charge is 2.23. The molecule has 0 unspecified atom stereocenters. The molecule has 0 saturated carbocycles. The molecule has 1 rings (SSSR count). The fourth-order valence-electron chi connectivity index (χ4n) is 1.17. The van der Waals surface area contributed by atoms with Gasteiger partial charge in [0.05, 0.1) is 28.9 Å². The third kappa shape index (κ3) is 3.90. The normalized spacial score (nSPS) is 11.6. The standard InChI is InChI=1S/C11H14Cl3NO2/c1-11(5-16,6-17)4-15-10-8(13)2-7(12)3-9(10)14/h2-3,15-17H,4-6H2,1H3. The summed E-state index contributed by atoms with van der Waals surface area (Å²) in [5, 5.41) is 22.6. The van der Waals surface area contributed by atoms with Crippen molar-refractivity contribution in [3.8, 4) is 0 Å². The Balaban J connectivity index is 2.83. The molecule has 6 heteroatoms. The predicted octanol–water partition coefficient (Wildman–Crippen LogP) is 3.05. The van der Waals surface area contributed by atoms with Gasteiger partial charge >= 0.3 is 0 Å². The molecule has 0 heterocycles.